The molecule has 0 spiro atoms. The fourth-order valence-electron chi connectivity index (χ4n) is 1.94. The van der Waals surface area contributed by atoms with Crippen LogP contribution in [0.3, 0.4) is 0 Å². The van der Waals surface area contributed by atoms with Crippen molar-refractivity contribution in [1.29, 1.82) is 0 Å². The van der Waals surface area contributed by atoms with Gasteiger partial charge in [-0.2, -0.15) is 0 Å². The molecule has 5 heteroatoms. The van der Waals surface area contributed by atoms with Gasteiger partial charge in [0, 0.05) is 14.5 Å². The van der Waals surface area contributed by atoms with Gasteiger partial charge in [-0.1, -0.05) is 22.0 Å². The number of nitrogen functional groups attached to an aromatic ring is 1. The van der Waals surface area contributed by atoms with E-state index in [2.05, 4.69) is 37.2 Å². The maximum Gasteiger partial charge on any atom is 0.256 e. The zero-order valence-electron chi connectivity index (χ0n) is 11.1. The Morgan fingerprint density at radius 1 is 1.15 bits per heavy atom. The maximum absolute atomic E-state index is 12.4. The summed E-state index contributed by atoms with van der Waals surface area (Å²) in [5, 5.41) is 2.86. The molecule has 20 heavy (non-hydrogen) atoms. The Labute approximate surface area is 134 Å². The second-order valence-corrected chi connectivity index (χ2v) is 6.29. The minimum atomic E-state index is -0.181. The molecule has 3 nitrogen and oxygen atoms in total. The Hall–Kier alpha value is -1.33. The monoisotopic (exact) mass is 396 g/mol. The van der Waals surface area contributed by atoms with Crippen molar-refractivity contribution in [1.82, 2.24) is 0 Å². The molecule has 0 aliphatic rings. The zero-order chi connectivity index (χ0) is 14.9. The first-order chi connectivity index (χ1) is 9.40. The third kappa shape index (κ3) is 3.04. The van der Waals surface area contributed by atoms with E-state index in [4.69, 9.17) is 5.73 Å². The molecule has 0 radical (unpaired) electrons. The van der Waals surface area contributed by atoms with Gasteiger partial charge in [0.1, 0.15) is 0 Å². The van der Waals surface area contributed by atoms with Gasteiger partial charge in [-0.05, 0) is 65.2 Å². The molecule has 0 saturated carbocycles. The van der Waals surface area contributed by atoms with Crippen LogP contribution in [-0.4, -0.2) is 5.91 Å². The summed E-state index contributed by atoms with van der Waals surface area (Å²) >= 11 is 6.85. The fourth-order valence-corrected chi connectivity index (χ4v) is 2.99. The van der Waals surface area contributed by atoms with Crippen LogP contribution in [0.2, 0.25) is 0 Å². The zero-order valence-corrected chi connectivity index (χ0v) is 14.3. The molecule has 0 unspecified atom stereocenters. The van der Waals surface area contributed by atoms with Crippen LogP contribution in [0.4, 0.5) is 11.4 Å². The smallest absolute Gasteiger partial charge is 0.256 e. The summed E-state index contributed by atoms with van der Waals surface area (Å²) in [6.45, 7) is 3.84. The number of benzene rings is 2. The van der Waals surface area contributed by atoms with E-state index in [-0.39, 0.29) is 5.91 Å². The molecule has 0 saturated heterocycles. The molecule has 1 amide bonds. The molecule has 2 rings (SSSR count). The van der Waals surface area contributed by atoms with Crippen molar-refractivity contribution in [2.24, 2.45) is 0 Å². The molecule has 0 bridgehead atoms. The molecule has 0 heterocycles. The molecule has 2 aromatic rings. The summed E-state index contributed by atoms with van der Waals surface area (Å²) in [5.41, 5.74) is 9.64. The summed E-state index contributed by atoms with van der Waals surface area (Å²) in [5.74, 6) is -0.181. The third-order valence-electron chi connectivity index (χ3n) is 3.02. The predicted molar refractivity (Wildman–Crippen MR) is 90.1 cm³/mol. The van der Waals surface area contributed by atoms with Gasteiger partial charge in [0.25, 0.3) is 5.91 Å². The number of hydrogen-bond donors (Lipinski definition) is 2. The summed E-state index contributed by atoms with van der Waals surface area (Å²) in [4.78, 5) is 12.4. The Morgan fingerprint density at radius 2 is 1.85 bits per heavy atom. The van der Waals surface area contributed by atoms with Crippen molar-refractivity contribution in [2.45, 2.75) is 13.8 Å². The number of nitrogens with one attached hydrogen (secondary N) is 1. The molecule has 0 aliphatic carbocycles. The second-order valence-electron chi connectivity index (χ2n) is 4.58. The Bertz CT molecular complexity index is 661. The topological polar surface area (TPSA) is 55.1 Å². The van der Waals surface area contributed by atoms with Crippen molar-refractivity contribution in [2.75, 3.05) is 11.1 Å². The molecule has 0 fully saturated rings. The van der Waals surface area contributed by atoms with Crippen LogP contribution in [0.1, 0.15) is 21.5 Å². The Kier molecular flexibility index (Phi) is 4.50. The number of aryl methyl sites for hydroxylation is 1. The van der Waals surface area contributed by atoms with Gasteiger partial charge in [0.05, 0.1) is 11.4 Å². The van der Waals surface area contributed by atoms with Crippen molar-refractivity contribution in [3.05, 3.63) is 56.0 Å². The third-order valence-corrected chi connectivity index (χ3v) is 4.50. The Morgan fingerprint density at radius 3 is 2.50 bits per heavy atom. The predicted octanol–water partition coefficient (Wildman–Crippen LogP) is 4.66. The van der Waals surface area contributed by atoms with Crippen LogP contribution >= 0.6 is 31.9 Å². The molecule has 0 aliphatic heterocycles. The lowest BCUT2D eigenvalue weighted by Crippen LogP contribution is -2.15. The van der Waals surface area contributed by atoms with Gasteiger partial charge in [0.2, 0.25) is 0 Å². The summed E-state index contributed by atoms with van der Waals surface area (Å²) in [6.07, 6.45) is 0. The highest BCUT2D eigenvalue weighted by molar-refractivity contribution is 9.11. The minimum Gasteiger partial charge on any atom is -0.397 e. The van der Waals surface area contributed by atoms with E-state index in [1.54, 1.807) is 6.07 Å². The first-order valence-electron chi connectivity index (χ1n) is 6.02. The molecule has 0 aromatic heterocycles. The van der Waals surface area contributed by atoms with Gasteiger partial charge in [-0.3, -0.25) is 4.79 Å². The van der Waals surface area contributed by atoms with Crippen LogP contribution in [0, 0.1) is 13.8 Å². The van der Waals surface area contributed by atoms with E-state index in [1.807, 2.05) is 38.1 Å². The lowest BCUT2D eigenvalue weighted by atomic mass is 10.1. The van der Waals surface area contributed by atoms with E-state index >= 15 is 0 Å². The number of halogens is 2. The van der Waals surface area contributed by atoms with Crippen LogP contribution in [0.5, 0.6) is 0 Å². The normalized spacial score (nSPS) is 10.4. The van der Waals surface area contributed by atoms with Crippen LogP contribution in [0.15, 0.2) is 39.3 Å². The van der Waals surface area contributed by atoms with Crippen molar-refractivity contribution < 1.29 is 4.79 Å². The van der Waals surface area contributed by atoms with E-state index < -0.39 is 0 Å². The number of nitrogens with two attached hydrogens (primary N) is 1. The highest BCUT2D eigenvalue weighted by Crippen LogP contribution is 2.31. The van der Waals surface area contributed by atoms with Crippen LogP contribution < -0.4 is 11.1 Å². The molecular formula is C15H14Br2N2O. The second kappa shape index (κ2) is 5.97. The van der Waals surface area contributed by atoms with E-state index in [1.165, 1.54) is 0 Å². The average molecular weight is 398 g/mol. The summed E-state index contributed by atoms with van der Waals surface area (Å²) in [7, 11) is 0. The lowest BCUT2D eigenvalue weighted by Gasteiger charge is -2.13. The molecule has 3 N–H and O–H groups in total. The summed E-state index contributed by atoms with van der Waals surface area (Å²) < 4.78 is 1.68. The average Bonchev–Trinajstić information content (AvgIpc) is 2.36. The van der Waals surface area contributed by atoms with Crippen molar-refractivity contribution in [3.8, 4) is 0 Å². The number of carbonyl (C=O) groups is 1. The Balaban J connectivity index is 2.36. The highest BCUT2D eigenvalue weighted by Gasteiger charge is 2.14. The molecular weight excluding hydrogens is 384 g/mol. The van der Waals surface area contributed by atoms with Gasteiger partial charge in [0.15, 0.2) is 0 Å². The van der Waals surface area contributed by atoms with Crippen LogP contribution in [-0.2, 0) is 0 Å². The lowest BCUT2D eigenvalue weighted by molar-refractivity contribution is 0.102. The molecule has 2 aromatic carbocycles. The number of anilines is 2. The number of carbonyl (C=O) groups excluding carboxylic acids is 1. The van der Waals surface area contributed by atoms with E-state index in [9.17, 15) is 4.79 Å². The maximum atomic E-state index is 12.4. The standard InChI is InChI=1S/C15H14Br2N2O/c1-8-6-12(17)14(13(18)7-8)19-15(20)10-4-3-5-11(16)9(10)2/h3-7H,18H2,1-2H3,(H,19,20). The SMILES string of the molecule is Cc1cc(N)c(NC(=O)c2cccc(Br)c2C)c(Br)c1. The van der Waals surface area contributed by atoms with Gasteiger partial charge >= 0.3 is 0 Å². The van der Waals surface area contributed by atoms with Gasteiger partial charge in [-0.25, -0.2) is 0 Å². The van der Waals surface area contributed by atoms with Gasteiger partial charge < -0.3 is 11.1 Å². The van der Waals surface area contributed by atoms with Crippen LogP contribution in [0.25, 0.3) is 0 Å². The largest absolute Gasteiger partial charge is 0.397 e. The first-order valence-corrected chi connectivity index (χ1v) is 7.61. The van der Waals surface area contributed by atoms with Crippen molar-refractivity contribution in [3.63, 3.8) is 0 Å². The number of rotatable bonds is 2. The molecule has 0 atom stereocenters. The van der Waals surface area contributed by atoms with E-state index in [0.29, 0.717) is 16.9 Å². The van der Waals surface area contributed by atoms with E-state index in [0.717, 1.165) is 20.1 Å². The number of amides is 1. The minimum absolute atomic E-state index is 0.181. The number of hydrogen-bond acceptors (Lipinski definition) is 2. The fraction of sp³-hybridized carbons (Fsp3) is 0.133. The van der Waals surface area contributed by atoms with Gasteiger partial charge in [-0.15, -0.1) is 0 Å². The first kappa shape index (κ1) is 15.1. The molecule has 104 valence electrons. The summed E-state index contributed by atoms with van der Waals surface area (Å²) in [6, 6.07) is 9.27. The highest BCUT2D eigenvalue weighted by atomic mass is 79.9. The van der Waals surface area contributed by atoms with Crippen molar-refractivity contribution >= 4 is 49.1 Å². The quantitative estimate of drug-likeness (QED) is 0.723.